The molecule has 2 heterocycles. The Labute approximate surface area is 129 Å². The largest absolute Gasteiger partial charge is 0.454 e. The fourth-order valence-corrected chi connectivity index (χ4v) is 2.57. The summed E-state index contributed by atoms with van der Waals surface area (Å²) < 4.78 is 21.9. The van der Waals surface area contributed by atoms with Gasteiger partial charge in [-0.3, -0.25) is 4.79 Å². The fraction of sp³-hybridized carbons (Fsp3) is 0.533. The molecule has 7 nitrogen and oxygen atoms in total. The lowest BCUT2D eigenvalue weighted by atomic mass is 10.1. The van der Waals surface area contributed by atoms with Gasteiger partial charge in [-0.15, -0.1) is 0 Å². The number of hydrogen-bond acceptors (Lipinski definition) is 6. The SMILES string of the molecule is CCOC(CN1C(=O)CNc2cc3c(cc21)OCO3)OCC. The van der Waals surface area contributed by atoms with Crippen LogP contribution in [0.25, 0.3) is 0 Å². The Morgan fingerprint density at radius 3 is 2.59 bits per heavy atom. The second-order valence-corrected chi connectivity index (χ2v) is 4.92. The second kappa shape index (κ2) is 6.41. The number of nitrogens with zero attached hydrogens (tertiary/aromatic N) is 1. The summed E-state index contributed by atoms with van der Waals surface area (Å²) in [5.74, 6) is 1.30. The number of benzene rings is 1. The molecule has 0 atom stereocenters. The molecule has 7 heteroatoms. The Bertz CT molecular complexity index is 557. The van der Waals surface area contributed by atoms with Gasteiger partial charge in [-0.05, 0) is 13.8 Å². The maximum absolute atomic E-state index is 12.3. The minimum atomic E-state index is -0.449. The molecule has 0 fully saturated rings. The van der Waals surface area contributed by atoms with Crippen LogP contribution in [0.3, 0.4) is 0 Å². The van der Waals surface area contributed by atoms with E-state index in [4.69, 9.17) is 18.9 Å². The molecule has 3 rings (SSSR count). The van der Waals surface area contributed by atoms with Crippen LogP contribution in [-0.4, -0.2) is 45.3 Å². The van der Waals surface area contributed by atoms with Gasteiger partial charge in [0, 0.05) is 25.3 Å². The number of anilines is 2. The number of hydrogen-bond donors (Lipinski definition) is 1. The van der Waals surface area contributed by atoms with Crippen LogP contribution >= 0.6 is 0 Å². The van der Waals surface area contributed by atoms with E-state index < -0.39 is 6.29 Å². The highest BCUT2D eigenvalue weighted by Gasteiger charge is 2.29. The highest BCUT2D eigenvalue weighted by atomic mass is 16.7. The fourth-order valence-electron chi connectivity index (χ4n) is 2.57. The number of amides is 1. The molecule has 0 aliphatic carbocycles. The molecule has 120 valence electrons. The van der Waals surface area contributed by atoms with E-state index in [9.17, 15) is 4.79 Å². The van der Waals surface area contributed by atoms with Crippen molar-refractivity contribution in [3.8, 4) is 11.5 Å². The molecule has 2 aliphatic rings. The number of ether oxygens (including phenoxy) is 4. The van der Waals surface area contributed by atoms with Crippen molar-refractivity contribution in [1.29, 1.82) is 0 Å². The van der Waals surface area contributed by atoms with Crippen molar-refractivity contribution in [2.75, 3.05) is 43.3 Å². The predicted octanol–water partition coefficient (Wildman–Crippen LogP) is 1.57. The van der Waals surface area contributed by atoms with Gasteiger partial charge in [-0.1, -0.05) is 0 Å². The molecule has 0 saturated carbocycles. The maximum atomic E-state index is 12.3. The Morgan fingerprint density at radius 1 is 1.23 bits per heavy atom. The highest BCUT2D eigenvalue weighted by molar-refractivity contribution is 6.03. The molecule has 1 N–H and O–H groups in total. The van der Waals surface area contributed by atoms with Gasteiger partial charge < -0.3 is 29.2 Å². The molecule has 0 aromatic heterocycles. The van der Waals surface area contributed by atoms with E-state index in [1.807, 2.05) is 26.0 Å². The van der Waals surface area contributed by atoms with Gasteiger partial charge in [0.2, 0.25) is 12.7 Å². The second-order valence-electron chi connectivity index (χ2n) is 4.92. The van der Waals surface area contributed by atoms with Crippen LogP contribution in [0.4, 0.5) is 11.4 Å². The summed E-state index contributed by atoms with van der Waals surface area (Å²) >= 11 is 0. The van der Waals surface area contributed by atoms with Gasteiger partial charge >= 0.3 is 0 Å². The van der Waals surface area contributed by atoms with Crippen molar-refractivity contribution < 1.29 is 23.7 Å². The van der Waals surface area contributed by atoms with Crippen molar-refractivity contribution >= 4 is 17.3 Å². The summed E-state index contributed by atoms with van der Waals surface area (Å²) in [6, 6.07) is 3.67. The van der Waals surface area contributed by atoms with Crippen LogP contribution in [0.1, 0.15) is 13.8 Å². The summed E-state index contributed by atoms with van der Waals surface area (Å²) in [7, 11) is 0. The molecule has 0 unspecified atom stereocenters. The van der Waals surface area contributed by atoms with Crippen molar-refractivity contribution in [3.05, 3.63) is 12.1 Å². The number of fused-ring (bicyclic) bond motifs is 2. The Balaban J connectivity index is 1.86. The third kappa shape index (κ3) is 2.82. The average Bonchev–Trinajstić information content (AvgIpc) is 2.96. The van der Waals surface area contributed by atoms with E-state index in [0.29, 0.717) is 31.3 Å². The summed E-state index contributed by atoms with van der Waals surface area (Å²) in [5, 5.41) is 3.10. The Hall–Kier alpha value is -1.99. The van der Waals surface area contributed by atoms with Crippen molar-refractivity contribution in [1.82, 2.24) is 0 Å². The number of carbonyl (C=O) groups is 1. The minimum Gasteiger partial charge on any atom is -0.454 e. The smallest absolute Gasteiger partial charge is 0.246 e. The Morgan fingerprint density at radius 2 is 1.91 bits per heavy atom. The molecule has 0 spiro atoms. The van der Waals surface area contributed by atoms with Crippen LogP contribution in [-0.2, 0) is 14.3 Å². The minimum absolute atomic E-state index is 0.0317. The predicted molar refractivity (Wildman–Crippen MR) is 80.4 cm³/mol. The third-order valence-electron chi connectivity index (χ3n) is 3.55. The Kier molecular flexibility index (Phi) is 4.35. The van der Waals surface area contributed by atoms with Gasteiger partial charge in [0.25, 0.3) is 0 Å². The molecular formula is C15H20N2O5. The van der Waals surface area contributed by atoms with E-state index in [2.05, 4.69) is 5.32 Å². The van der Waals surface area contributed by atoms with E-state index in [1.54, 1.807) is 4.90 Å². The van der Waals surface area contributed by atoms with Gasteiger partial charge in [0.05, 0.1) is 24.5 Å². The normalized spacial score (nSPS) is 16.0. The third-order valence-corrected chi connectivity index (χ3v) is 3.55. The van der Waals surface area contributed by atoms with Crippen LogP contribution in [0.15, 0.2) is 12.1 Å². The van der Waals surface area contributed by atoms with E-state index in [0.717, 1.165) is 11.4 Å². The number of carbonyl (C=O) groups excluding carboxylic acids is 1. The van der Waals surface area contributed by atoms with E-state index in [1.165, 1.54) is 0 Å². The molecule has 0 bridgehead atoms. The lowest BCUT2D eigenvalue weighted by Gasteiger charge is -2.32. The standard InChI is InChI=1S/C15H20N2O5/c1-3-19-15(20-4-2)8-17-11-6-13-12(21-9-22-13)5-10(11)16-7-14(17)18/h5-6,15-16H,3-4,7-9H2,1-2H3. The first-order valence-electron chi connectivity index (χ1n) is 7.44. The van der Waals surface area contributed by atoms with Crippen LogP contribution in [0, 0.1) is 0 Å². The average molecular weight is 308 g/mol. The first kappa shape index (κ1) is 14.9. The lowest BCUT2D eigenvalue weighted by Crippen LogP contribution is -2.45. The van der Waals surface area contributed by atoms with Gasteiger partial charge in [-0.25, -0.2) is 0 Å². The number of rotatable bonds is 6. The first-order valence-corrected chi connectivity index (χ1v) is 7.44. The summed E-state index contributed by atoms with van der Waals surface area (Å²) in [5.41, 5.74) is 1.60. The molecule has 1 amide bonds. The number of nitrogens with one attached hydrogen (secondary N) is 1. The monoisotopic (exact) mass is 308 g/mol. The first-order chi connectivity index (χ1) is 10.7. The summed E-state index contributed by atoms with van der Waals surface area (Å²) in [6.45, 7) is 5.63. The zero-order chi connectivity index (χ0) is 15.5. The summed E-state index contributed by atoms with van der Waals surface area (Å²) in [4.78, 5) is 14.0. The van der Waals surface area contributed by atoms with Crippen molar-refractivity contribution in [2.45, 2.75) is 20.1 Å². The van der Waals surface area contributed by atoms with Crippen LogP contribution in [0.2, 0.25) is 0 Å². The van der Waals surface area contributed by atoms with E-state index >= 15 is 0 Å². The quantitative estimate of drug-likeness (QED) is 0.805. The van der Waals surface area contributed by atoms with E-state index in [-0.39, 0.29) is 19.2 Å². The molecule has 1 aromatic carbocycles. The molecule has 22 heavy (non-hydrogen) atoms. The van der Waals surface area contributed by atoms with Crippen LogP contribution < -0.4 is 19.7 Å². The molecule has 1 aromatic rings. The van der Waals surface area contributed by atoms with Gasteiger partial charge in [0.15, 0.2) is 17.8 Å². The molecule has 2 aliphatic heterocycles. The molecule has 0 radical (unpaired) electrons. The zero-order valence-corrected chi connectivity index (χ0v) is 12.8. The molecule has 0 saturated heterocycles. The highest BCUT2D eigenvalue weighted by Crippen LogP contribution is 2.42. The van der Waals surface area contributed by atoms with Crippen molar-refractivity contribution in [3.63, 3.8) is 0 Å². The maximum Gasteiger partial charge on any atom is 0.246 e. The van der Waals surface area contributed by atoms with Crippen LogP contribution in [0.5, 0.6) is 11.5 Å². The van der Waals surface area contributed by atoms with Crippen molar-refractivity contribution in [2.24, 2.45) is 0 Å². The zero-order valence-electron chi connectivity index (χ0n) is 12.8. The summed E-state index contributed by atoms with van der Waals surface area (Å²) in [6.07, 6.45) is -0.449. The lowest BCUT2D eigenvalue weighted by molar-refractivity contribution is -0.135. The van der Waals surface area contributed by atoms with Gasteiger partial charge in [0.1, 0.15) is 0 Å². The topological polar surface area (TPSA) is 69.3 Å². The van der Waals surface area contributed by atoms with Gasteiger partial charge in [-0.2, -0.15) is 0 Å². The molecular weight excluding hydrogens is 288 g/mol.